The lowest BCUT2D eigenvalue weighted by Gasteiger charge is -2.35. The van der Waals surface area contributed by atoms with Crippen LogP contribution in [0, 0.1) is 25.1 Å². The molecule has 1 fully saturated rings. The molecule has 5 rings (SSSR count). The first-order valence-electron chi connectivity index (χ1n) is 12.1. The highest BCUT2D eigenvalue weighted by Crippen LogP contribution is 2.39. The van der Waals surface area contributed by atoms with Crippen LogP contribution in [0.1, 0.15) is 12.6 Å². The number of hydrogen-bond acceptors (Lipinski definition) is 6. The van der Waals surface area contributed by atoms with E-state index < -0.39 is 11.6 Å². The van der Waals surface area contributed by atoms with E-state index in [-0.39, 0.29) is 34.0 Å². The number of nitrogens with zero attached hydrogens (tertiary/aromatic N) is 6. The highest BCUT2D eigenvalue weighted by atomic mass is 19.1. The molecule has 37 heavy (non-hydrogen) atoms. The average molecular weight is 504 g/mol. The summed E-state index contributed by atoms with van der Waals surface area (Å²) < 4.78 is 37.2. The van der Waals surface area contributed by atoms with Crippen LogP contribution in [-0.2, 0) is 7.05 Å². The molecule has 0 unspecified atom stereocenters. The Bertz CT molecular complexity index is 1490. The topological polar surface area (TPSA) is 62.8 Å². The van der Waals surface area contributed by atoms with E-state index >= 15 is 4.39 Å². The Hall–Kier alpha value is -4.23. The number of rotatable bonds is 6. The van der Waals surface area contributed by atoms with Gasteiger partial charge in [-0.2, -0.15) is 0 Å². The number of hydrogen-bond donors (Lipinski definition) is 1. The maximum absolute atomic E-state index is 15.2. The predicted octanol–water partition coefficient (Wildman–Crippen LogP) is 5.78. The zero-order valence-corrected chi connectivity index (χ0v) is 20.9. The predicted molar refractivity (Wildman–Crippen MR) is 140 cm³/mol. The molecule has 190 valence electrons. The van der Waals surface area contributed by atoms with Crippen molar-refractivity contribution in [2.75, 3.05) is 42.9 Å². The fourth-order valence-electron chi connectivity index (χ4n) is 4.59. The van der Waals surface area contributed by atoms with Gasteiger partial charge >= 0.3 is 0 Å². The molecular weight excluding hydrogens is 476 g/mol. The minimum atomic E-state index is -0.723. The van der Waals surface area contributed by atoms with Gasteiger partial charge in [-0.05, 0) is 43.8 Å². The molecule has 8 nitrogen and oxygen atoms in total. The Balaban J connectivity index is 1.38. The molecule has 0 bridgehead atoms. The van der Waals surface area contributed by atoms with Crippen LogP contribution in [-0.4, -0.2) is 52.2 Å². The highest BCUT2D eigenvalue weighted by molar-refractivity contribution is 5.84. The first kappa shape index (κ1) is 24.5. The van der Waals surface area contributed by atoms with Gasteiger partial charge in [0.15, 0.2) is 17.4 Å². The van der Waals surface area contributed by atoms with E-state index in [1.54, 1.807) is 24.6 Å². The van der Waals surface area contributed by atoms with E-state index in [9.17, 15) is 4.39 Å². The molecular formula is C27H27F2N7O. The van der Waals surface area contributed by atoms with E-state index in [1.807, 2.05) is 24.3 Å². The lowest BCUT2D eigenvalue weighted by Crippen LogP contribution is -2.46. The number of nitrogens with one attached hydrogen (secondary N) is 1. The molecule has 1 saturated heterocycles. The molecule has 2 aromatic heterocycles. The smallest absolute Gasteiger partial charge is 0.288 e. The van der Waals surface area contributed by atoms with Crippen molar-refractivity contribution in [2.24, 2.45) is 7.05 Å². The zero-order chi connectivity index (χ0) is 26.1. The maximum atomic E-state index is 15.2. The molecule has 1 N–H and O–H groups in total. The first-order valence-corrected chi connectivity index (χ1v) is 12.1. The van der Waals surface area contributed by atoms with Crippen molar-refractivity contribution in [3.63, 3.8) is 0 Å². The van der Waals surface area contributed by atoms with Crippen molar-refractivity contribution in [3.8, 4) is 11.6 Å². The van der Waals surface area contributed by atoms with Crippen molar-refractivity contribution in [1.29, 1.82) is 0 Å². The van der Waals surface area contributed by atoms with Gasteiger partial charge < -0.3 is 24.4 Å². The number of likely N-dealkylation sites (N-methyl/N-ethyl adjacent to an activating group) is 1. The maximum Gasteiger partial charge on any atom is 0.288 e. The van der Waals surface area contributed by atoms with E-state index in [0.717, 1.165) is 50.2 Å². The summed E-state index contributed by atoms with van der Waals surface area (Å²) in [6.07, 6.45) is 1.22. The van der Waals surface area contributed by atoms with Crippen molar-refractivity contribution >= 4 is 33.8 Å². The van der Waals surface area contributed by atoms with Gasteiger partial charge in [-0.25, -0.2) is 23.6 Å². The summed E-state index contributed by atoms with van der Waals surface area (Å²) in [6, 6.07) is 10.4. The van der Waals surface area contributed by atoms with Gasteiger partial charge in [0.1, 0.15) is 12.1 Å². The number of piperazine rings is 1. The second-order valence-corrected chi connectivity index (χ2v) is 8.96. The van der Waals surface area contributed by atoms with Crippen molar-refractivity contribution in [2.45, 2.75) is 13.8 Å². The summed E-state index contributed by atoms with van der Waals surface area (Å²) in [4.78, 5) is 16.5. The fourth-order valence-corrected chi connectivity index (χ4v) is 4.59. The largest absolute Gasteiger partial charge is 0.446 e. The molecule has 3 heterocycles. The average Bonchev–Trinajstić information content (AvgIpc) is 3.22. The molecule has 1 aliphatic rings. The van der Waals surface area contributed by atoms with Gasteiger partial charge in [-0.15, -0.1) is 0 Å². The van der Waals surface area contributed by atoms with Crippen LogP contribution >= 0.6 is 0 Å². The van der Waals surface area contributed by atoms with Crippen LogP contribution < -0.4 is 15.0 Å². The van der Waals surface area contributed by atoms with Crippen LogP contribution in [0.15, 0.2) is 42.7 Å². The fraction of sp³-hybridized carbons (Fsp3) is 0.296. The first-order chi connectivity index (χ1) is 17.9. The highest BCUT2D eigenvalue weighted by Gasteiger charge is 2.21. The van der Waals surface area contributed by atoms with Gasteiger partial charge in [0.05, 0.1) is 12.1 Å². The normalized spacial score (nSPS) is 14.1. The molecule has 1 aliphatic heterocycles. The van der Waals surface area contributed by atoms with Crippen molar-refractivity contribution in [3.05, 3.63) is 71.5 Å². The van der Waals surface area contributed by atoms with Crippen LogP contribution in [0.3, 0.4) is 0 Å². The quantitative estimate of drug-likeness (QED) is 0.337. The number of benzene rings is 2. The molecule has 0 aliphatic carbocycles. The molecule has 0 spiro atoms. The summed E-state index contributed by atoms with van der Waals surface area (Å²) in [7, 11) is 1.67. The minimum Gasteiger partial charge on any atom is -0.446 e. The van der Waals surface area contributed by atoms with Crippen LogP contribution in [0.4, 0.5) is 31.7 Å². The molecule has 0 amide bonds. The van der Waals surface area contributed by atoms with E-state index in [2.05, 4.69) is 36.9 Å². The number of halogens is 2. The number of anilines is 3. The standard InChI is InChI=1S/C27H27F2N7O/c1-5-35-10-12-36(13-11-35)19-8-6-18(7-9-19)33-26-24(30-3)27(32-16-31-26)37-22-15-21(28)25-20(23(22)29)14-17(2)34(25)4/h6-9,14-16H,5,10-13H2,1-2,4H3,(H,31,32,33). The molecule has 4 aromatic rings. The zero-order valence-electron chi connectivity index (χ0n) is 20.9. The second kappa shape index (κ2) is 10.0. The molecule has 0 radical (unpaired) electrons. The lowest BCUT2D eigenvalue weighted by molar-refractivity contribution is 0.271. The summed E-state index contributed by atoms with van der Waals surface area (Å²) in [5.74, 6) is -1.66. The number of fused-ring (bicyclic) bond motifs is 1. The second-order valence-electron chi connectivity index (χ2n) is 8.96. The minimum absolute atomic E-state index is 0.0357. The molecule has 2 aromatic carbocycles. The third-order valence-corrected chi connectivity index (χ3v) is 6.83. The number of aryl methyl sites for hydroxylation is 2. The third kappa shape index (κ3) is 4.66. The van der Waals surface area contributed by atoms with E-state index in [1.165, 1.54) is 6.33 Å². The van der Waals surface area contributed by atoms with Crippen LogP contribution in [0.25, 0.3) is 15.7 Å². The summed E-state index contributed by atoms with van der Waals surface area (Å²) in [5.41, 5.74) is 2.67. The summed E-state index contributed by atoms with van der Waals surface area (Å²) in [5, 5.41) is 3.22. The third-order valence-electron chi connectivity index (χ3n) is 6.83. The van der Waals surface area contributed by atoms with Crippen LogP contribution in [0.2, 0.25) is 0 Å². The SMILES string of the molecule is [C-]#[N+]c1c(Nc2ccc(N3CCN(CC)CC3)cc2)ncnc1Oc1cc(F)c2c(cc(C)n2C)c1F. The van der Waals surface area contributed by atoms with E-state index in [0.29, 0.717) is 5.69 Å². The van der Waals surface area contributed by atoms with Crippen LogP contribution in [0.5, 0.6) is 11.6 Å². The van der Waals surface area contributed by atoms with Gasteiger partial charge in [0, 0.05) is 61.7 Å². The molecule has 10 heteroatoms. The van der Waals surface area contributed by atoms with Crippen molar-refractivity contribution < 1.29 is 13.5 Å². The van der Waals surface area contributed by atoms with Gasteiger partial charge in [0.2, 0.25) is 5.88 Å². The number of aromatic nitrogens is 3. The Kier molecular flexibility index (Phi) is 6.63. The Labute approximate surface area is 213 Å². The van der Waals surface area contributed by atoms with Gasteiger partial charge in [-0.1, -0.05) is 6.92 Å². The summed E-state index contributed by atoms with van der Waals surface area (Å²) >= 11 is 0. The Morgan fingerprint density at radius 3 is 2.49 bits per heavy atom. The van der Waals surface area contributed by atoms with E-state index in [4.69, 9.17) is 11.3 Å². The Morgan fingerprint density at radius 1 is 1.08 bits per heavy atom. The van der Waals surface area contributed by atoms with Gasteiger partial charge in [-0.3, -0.25) is 0 Å². The van der Waals surface area contributed by atoms with Crippen molar-refractivity contribution in [1.82, 2.24) is 19.4 Å². The monoisotopic (exact) mass is 503 g/mol. The summed E-state index contributed by atoms with van der Waals surface area (Å²) in [6.45, 7) is 16.7. The number of ether oxygens (including phenoxy) is 1. The Morgan fingerprint density at radius 2 is 1.81 bits per heavy atom. The lowest BCUT2D eigenvalue weighted by atomic mass is 10.2. The molecule has 0 atom stereocenters. The van der Waals surface area contributed by atoms with Gasteiger partial charge in [0.25, 0.3) is 5.69 Å². The molecule has 0 saturated carbocycles.